The van der Waals surface area contributed by atoms with E-state index in [2.05, 4.69) is 19.2 Å². The number of esters is 1. The fraction of sp³-hybridized carbons (Fsp3) is 0.520. The van der Waals surface area contributed by atoms with Crippen molar-refractivity contribution < 1.29 is 28.5 Å². The van der Waals surface area contributed by atoms with Gasteiger partial charge in [0.1, 0.15) is 6.61 Å². The minimum Gasteiger partial charge on any atom is -0.459 e. The normalized spacial score (nSPS) is 26.2. The molecule has 0 amide bonds. The van der Waals surface area contributed by atoms with Crippen molar-refractivity contribution in [1.29, 1.82) is 0 Å². The number of ketones is 1. The monoisotopic (exact) mass is 439 g/mol. The zero-order valence-electron chi connectivity index (χ0n) is 18.8. The SMILES string of the molecule is CC1=C(C(=O)OC[C@H]2CCCO2)[C@H](c2ccc3c(c2)OCO3)C2=C(CC(C)(C)CC2=O)N1. The number of nitrogens with one attached hydrogen (secondary N) is 1. The van der Waals surface area contributed by atoms with Crippen LogP contribution in [0.5, 0.6) is 11.5 Å². The van der Waals surface area contributed by atoms with E-state index in [-0.39, 0.29) is 30.7 Å². The highest BCUT2D eigenvalue weighted by molar-refractivity contribution is 6.04. The summed E-state index contributed by atoms with van der Waals surface area (Å²) >= 11 is 0. The fourth-order valence-corrected chi connectivity index (χ4v) is 5.15. The van der Waals surface area contributed by atoms with Crippen molar-refractivity contribution in [2.75, 3.05) is 20.0 Å². The van der Waals surface area contributed by atoms with Crippen LogP contribution in [0.2, 0.25) is 0 Å². The zero-order chi connectivity index (χ0) is 22.5. The third-order valence-corrected chi connectivity index (χ3v) is 6.61. The van der Waals surface area contributed by atoms with Crippen LogP contribution in [0.4, 0.5) is 0 Å². The van der Waals surface area contributed by atoms with Crippen LogP contribution in [0.1, 0.15) is 57.9 Å². The molecular weight excluding hydrogens is 410 g/mol. The minimum absolute atomic E-state index is 0.0587. The Morgan fingerprint density at radius 2 is 2.03 bits per heavy atom. The molecule has 5 rings (SSSR count). The Morgan fingerprint density at radius 1 is 1.22 bits per heavy atom. The molecule has 0 spiro atoms. The summed E-state index contributed by atoms with van der Waals surface area (Å²) in [5.74, 6) is 0.412. The van der Waals surface area contributed by atoms with E-state index in [4.69, 9.17) is 18.9 Å². The van der Waals surface area contributed by atoms with Crippen LogP contribution in [0.25, 0.3) is 0 Å². The molecule has 170 valence electrons. The third kappa shape index (κ3) is 3.79. The first-order valence-corrected chi connectivity index (χ1v) is 11.2. The van der Waals surface area contributed by atoms with E-state index < -0.39 is 11.9 Å². The van der Waals surface area contributed by atoms with Gasteiger partial charge in [-0.1, -0.05) is 19.9 Å². The number of hydrogen-bond donors (Lipinski definition) is 1. The molecule has 7 nitrogen and oxygen atoms in total. The highest BCUT2D eigenvalue weighted by atomic mass is 16.7. The number of benzene rings is 1. The Hall–Kier alpha value is -2.80. The van der Waals surface area contributed by atoms with Gasteiger partial charge in [-0.25, -0.2) is 4.79 Å². The Labute approximate surface area is 187 Å². The van der Waals surface area contributed by atoms with Crippen LogP contribution in [0, 0.1) is 5.41 Å². The second-order valence-electron chi connectivity index (χ2n) is 9.78. The molecule has 7 heteroatoms. The number of hydrogen-bond acceptors (Lipinski definition) is 7. The molecule has 1 N–H and O–H groups in total. The lowest BCUT2D eigenvalue weighted by Crippen LogP contribution is -2.39. The molecule has 4 aliphatic rings. The lowest BCUT2D eigenvalue weighted by molar-refractivity contribution is -0.142. The second kappa shape index (κ2) is 7.96. The molecule has 0 bridgehead atoms. The predicted molar refractivity (Wildman–Crippen MR) is 116 cm³/mol. The predicted octanol–water partition coefficient (Wildman–Crippen LogP) is 3.74. The topological polar surface area (TPSA) is 83.1 Å². The van der Waals surface area contributed by atoms with Crippen molar-refractivity contribution in [2.24, 2.45) is 5.41 Å². The summed E-state index contributed by atoms with van der Waals surface area (Å²) in [5, 5.41) is 3.37. The van der Waals surface area contributed by atoms with E-state index in [1.807, 2.05) is 25.1 Å². The van der Waals surface area contributed by atoms with Gasteiger partial charge in [0.25, 0.3) is 0 Å². The fourth-order valence-electron chi connectivity index (χ4n) is 5.15. The van der Waals surface area contributed by atoms with Gasteiger partial charge in [-0.05, 0) is 49.3 Å². The Bertz CT molecular complexity index is 1030. The average Bonchev–Trinajstić information content (AvgIpc) is 3.41. The number of ether oxygens (including phenoxy) is 4. The molecule has 3 aliphatic heterocycles. The van der Waals surface area contributed by atoms with E-state index in [1.54, 1.807) is 0 Å². The van der Waals surface area contributed by atoms with E-state index in [0.29, 0.717) is 41.4 Å². The van der Waals surface area contributed by atoms with Gasteiger partial charge in [-0.15, -0.1) is 0 Å². The summed E-state index contributed by atoms with van der Waals surface area (Å²) in [5.41, 5.74) is 3.41. The van der Waals surface area contributed by atoms with Crippen LogP contribution in [-0.2, 0) is 19.1 Å². The molecule has 0 saturated carbocycles. The standard InChI is InChI=1S/C25H29NO6/c1-14-21(24(28)30-12-16-5-4-8-29-16)22(15-6-7-19-20(9-15)32-13-31-19)23-17(26-14)10-25(2,3)11-18(23)27/h6-7,9,16,22,26H,4-5,8,10-13H2,1-3H3/t16-,22+/m1/s1. The average molecular weight is 440 g/mol. The summed E-state index contributed by atoms with van der Waals surface area (Å²) in [6.45, 7) is 7.14. The second-order valence-corrected chi connectivity index (χ2v) is 9.78. The van der Waals surface area contributed by atoms with E-state index in [0.717, 1.165) is 30.5 Å². The molecule has 1 aliphatic carbocycles. The molecular formula is C25H29NO6. The van der Waals surface area contributed by atoms with Crippen molar-refractivity contribution in [2.45, 2.75) is 58.5 Å². The van der Waals surface area contributed by atoms with Crippen LogP contribution in [-0.4, -0.2) is 37.9 Å². The summed E-state index contributed by atoms with van der Waals surface area (Å²) in [7, 11) is 0. The molecule has 1 aromatic carbocycles. The molecule has 0 aromatic heterocycles. The van der Waals surface area contributed by atoms with Gasteiger partial charge in [0.2, 0.25) is 6.79 Å². The van der Waals surface area contributed by atoms with Gasteiger partial charge < -0.3 is 24.3 Å². The van der Waals surface area contributed by atoms with Crippen molar-refractivity contribution in [1.82, 2.24) is 5.32 Å². The highest BCUT2D eigenvalue weighted by Gasteiger charge is 2.43. The first-order chi connectivity index (χ1) is 15.3. The van der Waals surface area contributed by atoms with Crippen LogP contribution in [0.3, 0.4) is 0 Å². The Morgan fingerprint density at radius 3 is 2.81 bits per heavy atom. The lowest BCUT2D eigenvalue weighted by Gasteiger charge is -2.39. The highest BCUT2D eigenvalue weighted by Crippen LogP contribution is 2.48. The molecule has 2 atom stereocenters. The first-order valence-electron chi connectivity index (χ1n) is 11.2. The maximum absolute atomic E-state index is 13.4. The van der Waals surface area contributed by atoms with Crippen molar-refractivity contribution in [3.63, 3.8) is 0 Å². The van der Waals surface area contributed by atoms with Gasteiger partial charge in [0.05, 0.1) is 11.7 Å². The van der Waals surface area contributed by atoms with E-state index in [9.17, 15) is 9.59 Å². The molecule has 1 fully saturated rings. The molecule has 1 aromatic rings. The number of fused-ring (bicyclic) bond motifs is 1. The number of carbonyl (C=O) groups is 2. The van der Waals surface area contributed by atoms with Crippen LogP contribution in [0.15, 0.2) is 40.7 Å². The van der Waals surface area contributed by atoms with Gasteiger partial charge in [-0.2, -0.15) is 0 Å². The molecule has 3 heterocycles. The van der Waals surface area contributed by atoms with Gasteiger partial charge in [-0.3, -0.25) is 4.79 Å². The molecule has 0 unspecified atom stereocenters. The lowest BCUT2D eigenvalue weighted by atomic mass is 9.68. The van der Waals surface area contributed by atoms with Crippen LogP contribution >= 0.6 is 0 Å². The summed E-state index contributed by atoms with van der Waals surface area (Å²) in [6.07, 6.45) is 2.98. The largest absolute Gasteiger partial charge is 0.459 e. The number of rotatable bonds is 4. The van der Waals surface area contributed by atoms with E-state index >= 15 is 0 Å². The van der Waals surface area contributed by atoms with Gasteiger partial charge in [0.15, 0.2) is 17.3 Å². The number of dihydropyridines is 1. The number of allylic oxidation sites excluding steroid dienone is 3. The quantitative estimate of drug-likeness (QED) is 0.716. The summed E-state index contributed by atoms with van der Waals surface area (Å²) < 4.78 is 22.3. The van der Waals surface area contributed by atoms with Gasteiger partial charge in [0, 0.05) is 35.9 Å². The maximum atomic E-state index is 13.4. The van der Waals surface area contributed by atoms with E-state index in [1.165, 1.54) is 0 Å². The molecule has 0 radical (unpaired) electrons. The first kappa shape index (κ1) is 21.1. The Kier molecular flexibility index (Phi) is 5.24. The number of Topliss-reactive ketones (excluding diaryl/α,β-unsaturated/α-hetero) is 1. The van der Waals surface area contributed by atoms with Crippen molar-refractivity contribution in [3.8, 4) is 11.5 Å². The third-order valence-electron chi connectivity index (χ3n) is 6.61. The molecule has 1 saturated heterocycles. The minimum atomic E-state index is -0.513. The van der Waals surface area contributed by atoms with Crippen molar-refractivity contribution >= 4 is 11.8 Å². The number of carbonyl (C=O) groups excluding carboxylic acids is 2. The van der Waals surface area contributed by atoms with Crippen molar-refractivity contribution in [3.05, 3.63) is 46.3 Å². The smallest absolute Gasteiger partial charge is 0.336 e. The maximum Gasteiger partial charge on any atom is 0.336 e. The van der Waals surface area contributed by atoms with Gasteiger partial charge >= 0.3 is 5.97 Å². The summed E-state index contributed by atoms with van der Waals surface area (Å²) in [4.78, 5) is 26.7. The zero-order valence-corrected chi connectivity index (χ0v) is 18.8. The summed E-state index contributed by atoms with van der Waals surface area (Å²) in [6, 6.07) is 5.61. The Balaban J connectivity index is 1.54. The molecule has 32 heavy (non-hydrogen) atoms. The van der Waals surface area contributed by atoms with Crippen LogP contribution < -0.4 is 14.8 Å².